The van der Waals surface area contributed by atoms with Gasteiger partial charge in [0.15, 0.2) is 0 Å². The van der Waals surface area contributed by atoms with Crippen LogP contribution in [0.15, 0.2) is 236 Å². The highest BCUT2D eigenvalue weighted by molar-refractivity contribution is 6.09. The van der Waals surface area contributed by atoms with E-state index >= 15 is 0 Å². The zero-order valence-electron chi connectivity index (χ0n) is 53.7. The van der Waals surface area contributed by atoms with Gasteiger partial charge in [-0.2, -0.15) is 0 Å². The van der Waals surface area contributed by atoms with E-state index < -0.39 is 183 Å². The van der Waals surface area contributed by atoms with E-state index in [1.165, 1.54) is 12.1 Å². The molecule has 11 aromatic rings. The van der Waals surface area contributed by atoms with Crippen LogP contribution < -0.4 is 4.90 Å². The Hall–Kier alpha value is -8.14. The molecule has 1 heterocycles. The first-order chi connectivity index (χ1) is 39.3. The van der Waals surface area contributed by atoms with E-state index in [2.05, 4.69) is 4.57 Å². The number of nitrogens with zero attached hydrogens (tertiary/aromatic N) is 2. The molecule has 0 saturated heterocycles. The van der Waals surface area contributed by atoms with Gasteiger partial charge in [0.05, 0.1) is 46.9 Å². The van der Waals surface area contributed by atoms with Crippen LogP contribution in [-0.4, -0.2) is 9.67 Å². The van der Waals surface area contributed by atoms with Crippen LogP contribution in [0.2, 0.25) is 0 Å². The minimum Gasteiger partial charge on any atom is -0.507 e. The number of benzene rings is 10. The summed E-state index contributed by atoms with van der Waals surface area (Å²) in [5.74, 6) is -1.12. The molecular formula is C58H40N2O. The van der Waals surface area contributed by atoms with Gasteiger partial charge in [0.1, 0.15) is 5.75 Å². The van der Waals surface area contributed by atoms with Gasteiger partial charge in [-0.1, -0.05) is 175 Å². The van der Waals surface area contributed by atoms with E-state index in [4.69, 9.17) is 19.2 Å². The highest BCUT2D eigenvalue weighted by Gasteiger charge is 2.18. The average Bonchev–Trinajstić information content (AvgIpc) is 3.12. The second kappa shape index (κ2) is 15.2. The van der Waals surface area contributed by atoms with Crippen molar-refractivity contribution in [2.24, 2.45) is 0 Å². The van der Waals surface area contributed by atoms with E-state index in [0.29, 0.717) is 5.56 Å². The molecule has 0 saturated carbocycles. The third-order valence-corrected chi connectivity index (χ3v) is 10.3. The predicted octanol–water partition coefficient (Wildman–Crippen LogP) is 15.8. The molecule has 0 bridgehead atoms. The lowest BCUT2D eigenvalue weighted by Gasteiger charge is -2.26. The zero-order valence-corrected chi connectivity index (χ0v) is 31.7. The molecule has 10 aromatic carbocycles. The molecule has 0 atom stereocenters. The van der Waals surface area contributed by atoms with Crippen molar-refractivity contribution in [2.75, 3.05) is 4.90 Å². The summed E-state index contributed by atoms with van der Waals surface area (Å²) in [6, 6.07) is 12.1. The minimum atomic E-state index is -1.12. The van der Waals surface area contributed by atoms with Gasteiger partial charge in [-0.15, -0.1) is 0 Å². The first kappa shape index (κ1) is 19.7. The van der Waals surface area contributed by atoms with Crippen LogP contribution in [0.5, 0.6) is 5.75 Å². The number of phenols is 1. The summed E-state index contributed by atoms with van der Waals surface area (Å²) in [4.78, 5) is 0.939. The van der Waals surface area contributed by atoms with Crippen LogP contribution >= 0.6 is 0 Å². The van der Waals surface area contributed by atoms with Gasteiger partial charge in [-0.25, -0.2) is 0 Å². The summed E-state index contributed by atoms with van der Waals surface area (Å²) in [7, 11) is 0. The Balaban J connectivity index is 1.16. The number of para-hydroxylation sites is 4. The number of aromatic nitrogens is 1. The third kappa shape index (κ3) is 6.50. The zero-order chi connectivity index (χ0) is 59.8. The lowest BCUT2D eigenvalue weighted by Crippen LogP contribution is -2.09. The van der Waals surface area contributed by atoms with Crippen molar-refractivity contribution in [1.82, 2.24) is 4.57 Å². The van der Waals surface area contributed by atoms with Crippen LogP contribution in [0.25, 0.3) is 82.8 Å². The Bertz CT molecular complexity index is 4540. The molecule has 0 aliphatic rings. The molecule has 11 rings (SSSR count). The van der Waals surface area contributed by atoms with Gasteiger partial charge in [0.2, 0.25) is 0 Å². The molecule has 61 heavy (non-hydrogen) atoms. The number of fused-ring (bicyclic) bond motifs is 4. The Morgan fingerprint density at radius 2 is 0.918 bits per heavy atom. The Morgan fingerprint density at radius 1 is 0.377 bits per heavy atom. The smallest absolute Gasteiger partial charge is 0.131 e. The predicted molar refractivity (Wildman–Crippen MR) is 256 cm³/mol. The molecule has 0 unspecified atom stereocenters. The van der Waals surface area contributed by atoms with Gasteiger partial charge >= 0.3 is 0 Å². The molecule has 0 spiro atoms. The van der Waals surface area contributed by atoms with Crippen molar-refractivity contribution in [2.45, 2.75) is 0 Å². The van der Waals surface area contributed by atoms with Gasteiger partial charge < -0.3 is 14.6 Å². The maximum Gasteiger partial charge on any atom is 0.131 e. The minimum absolute atomic E-state index is 0.0604. The number of anilines is 3. The molecule has 0 fully saturated rings. The highest BCUT2D eigenvalue weighted by Crippen LogP contribution is 2.42. The van der Waals surface area contributed by atoms with Crippen molar-refractivity contribution in [3.8, 4) is 55.9 Å². The molecule has 288 valence electrons. The number of hydrogen-bond donors (Lipinski definition) is 1. The van der Waals surface area contributed by atoms with Crippen molar-refractivity contribution < 1.29 is 35.3 Å². The second-order valence-electron chi connectivity index (χ2n) is 13.8. The lowest BCUT2D eigenvalue weighted by atomic mass is 9.95. The number of phenolic OH excluding ortho intramolecular Hbond substituents is 1. The summed E-state index contributed by atoms with van der Waals surface area (Å²) in [6.07, 6.45) is 0. The SMILES string of the molecule is [2H]c1c([2H])c([2H])c(-c2c([2H])c([2H])c(N(c3ccc(-c4ccccc4-n4c5ccccc5c5ccccc54)cc3)c3c([2H])c([2H])c(-c4c([2H])c([2H])c([2H])c(-c5cc6c([2H])c([2H])c([2H])c([2H])c6c([2H])c5[2H])c4O)c([2H])c3[2H])c([2H])c2[2H])c([2H])c1[2H]. The first-order valence-electron chi connectivity index (χ1n) is 29.9. The van der Waals surface area contributed by atoms with Crippen LogP contribution in [0, 0.1) is 0 Å². The fourth-order valence-electron chi connectivity index (χ4n) is 7.46. The normalized spacial score (nSPS) is 16.4. The van der Waals surface area contributed by atoms with Crippen molar-refractivity contribution >= 4 is 49.6 Å². The molecule has 3 nitrogen and oxygen atoms in total. The van der Waals surface area contributed by atoms with Crippen LogP contribution in [0.4, 0.5) is 17.1 Å². The molecule has 1 aromatic heterocycles. The van der Waals surface area contributed by atoms with Crippen molar-refractivity contribution in [3.05, 3.63) is 236 Å². The second-order valence-corrected chi connectivity index (χ2v) is 13.8. The van der Waals surface area contributed by atoms with Gasteiger partial charge in [0.25, 0.3) is 0 Å². The fourth-order valence-corrected chi connectivity index (χ4v) is 7.46. The number of hydrogen-bond acceptors (Lipinski definition) is 2. The van der Waals surface area contributed by atoms with E-state index in [0.717, 1.165) is 44.0 Å². The molecule has 1 N–H and O–H groups in total. The first-order valence-corrected chi connectivity index (χ1v) is 18.9. The summed E-state index contributed by atoms with van der Waals surface area (Å²) in [6.45, 7) is 0. The highest BCUT2D eigenvalue weighted by atomic mass is 16.3. The maximum absolute atomic E-state index is 12.2. The van der Waals surface area contributed by atoms with Gasteiger partial charge in [-0.3, -0.25) is 0 Å². The van der Waals surface area contributed by atoms with E-state index in [-0.39, 0.29) is 16.5 Å². The van der Waals surface area contributed by atoms with Crippen LogP contribution in [0.1, 0.15) is 30.2 Å². The van der Waals surface area contributed by atoms with Crippen molar-refractivity contribution in [1.29, 1.82) is 0 Å². The van der Waals surface area contributed by atoms with Crippen LogP contribution in [0.3, 0.4) is 0 Å². The quantitative estimate of drug-likeness (QED) is 0.166. The van der Waals surface area contributed by atoms with Gasteiger partial charge in [-0.05, 0) is 99.2 Å². The molecular weight excluding hydrogens is 741 g/mol. The van der Waals surface area contributed by atoms with E-state index in [1.807, 2.05) is 72.8 Å². The standard InChI is InChI=1S/C58H40N2O/c61-58-51(20-12-21-52(58)46-26-25-41-15-4-5-16-45(41)39-46)44-31-37-49(38-32-44)59(47-33-27-42(28-34-47)40-13-2-1-3-14-40)48-35-29-43(30-36-48)50-17-6-9-22-55(50)60-56-23-10-7-18-53(56)54-19-8-11-24-57(54)60/h1-39,61H/i1D,2D,3D,4D,5D,12D,13D,14D,15D,16D,20D,21D,25D,26D,27D,28D,31D,32D,33D,34D,37D,38D. The summed E-state index contributed by atoms with van der Waals surface area (Å²) in [5, 5.41) is 13.6. The van der Waals surface area contributed by atoms with Gasteiger partial charge in [0, 0.05) is 44.5 Å². The Morgan fingerprint density at radius 3 is 1.61 bits per heavy atom. The monoisotopic (exact) mass is 802 g/mol. The largest absolute Gasteiger partial charge is 0.507 e. The van der Waals surface area contributed by atoms with E-state index in [1.54, 1.807) is 12.1 Å². The summed E-state index contributed by atoms with van der Waals surface area (Å²) in [5.41, 5.74) is -1.69. The number of rotatable bonds is 8. The molecule has 0 aliphatic heterocycles. The molecule has 0 amide bonds. The van der Waals surface area contributed by atoms with Crippen LogP contribution in [-0.2, 0) is 0 Å². The summed E-state index contributed by atoms with van der Waals surface area (Å²) < 4.78 is 199. The Kier molecular flexibility index (Phi) is 4.93. The van der Waals surface area contributed by atoms with E-state index in [9.17, 15) is 16.1 Å². The third-order valence-electron chi connectivity index (χ3n) is 10.3. The lowest BCUT2D eigenvalue weighted by molar-refractivity contribution is 0.479. The Labute approximate surface area is 386 Å². The maximum atomic E-state index is 12.2. The molecule has 0 aliphatic carbocycles. The topological polar surface area (TPSA) is 28.4 Å². The number of aromatic hydroxyl groups is 1. The van der Waals surface area contributed by atoms with Crippen molar-refractivity contribution in [3.63, 3.8) is 0 Å². The molecule has 3 heteroatoms. The molecule has 0 radical (unpaired) electrons. The average molecular weight is 803 g/mol. The summed E-state index contributed by atoms with van der Waals surface area (Å²) >= 11 is 0. The fraction of sp³-hybridized carbons (Fsp3) is 0.